The van der Waals surface area contributed by atoms with E-state index in [0.29, 0.717) is 11.8 Å². The first-order valence-corrected chi connectivity index (χ1v) is 8.16. The monoisotopic (exact) mass is 305 g/mol. The van der Waals surface area contributed by atoms with Crippen LogP contribution >= 0.6 is 0 Å². The Morgan fingerprint density at radius 3 is 2.04 bits per heavy atom. The standard InChI is InChI=1S/C20H23N3/c1-14(2)16-9-7-10-17(15(3)4)20(16)18-8-5-6-11-19(18)23-13-21-12-22-23/h5-15H,1-4H3. The second-order valence-electron chi connectivity index (χ2n) is 6.48. The Morgan fingerprint density at radius 2 is 1.48 bits per heavy atom. The molecule has 0 aliphatic rings. The van der Waals surface area contributed by atoms with Crippen molar-refractivity contribution in [3.63, 3.8) is 0 Å². The minimum absolute atomic E-state index is 0.465. The van der Waals surface area contributed by atoms with Gasteiger partial charge in [-0.25, -0.2) is 9.67 Å². The van der Waals surface area contributed by atoms with Crippen molar-refractivity contribution >= 4 is 0 Å². The van der Waals surface area contributed by atoms with Crippen LogP contribution in [0.15, 0.2) is 55.1 Å². The van der Waals surface area contributed by atoms with Gasteiger partial charge in [0.05, 0.1) is 5.69 Å². The van der Waals surface area contributed by atoms with Crippen LogP contribution < -0.4 is 0 Å². The second-order valence-corrected chi connectivity index (χ2v) is 6.48. The lowest BCUT2D eigenvalue weighted by atomic mass is 9.84. The zero-order valence-electron chi connectivity index (χ0n) is 14.2. The molecule has 1 heterocycles. The Kier molecular flexibility index (Phi) is 4.28. The Balaban J connectivity index is 2.31. The van der Waals surface area contributed by atoms with Crippen LogP contribution in [-0.4, -0.2) is 14.8 Å². The molecule has 3 aromatic rings. The van der Waals surface area contributed by atoms with Gasteiger partial charge in [-0.15, -0.1) is 0 Å². The molecule has 3 rings (SSSR count). The Hall–Kier alpha value is -2.42. The maximum absolute atomic E-state index is 4.33. The highest BCUT2D eigenvalue weighted by atomic mass is 15.3. The lowest BCUT2D eigenvalue weighted by Crippen LogP contribution is -2.03. The summed E-state index contributed by atoms with van der Waals surface area (Å²) < 4.78 is 1.84. The summed E-state index contributed by atoms with van der Waals surface area (Å²) in [5, 5.41) is 4.33. The van der Waals surface area contributed by atoms with Crippen LogP contribution in [0.3, 0.4) is 0 Å². The van der Waals surface area contributed by atoms with Crippen molar-refractivity contribution < 1.29 is 0 Å². The van der Waals surface area contributed by atoms with Crippen molar-refractivity contribution in [1.29, 1.82) is 0 Å². The molecule has 3 nitrogen and oxygen atoms in total. The van der Waals surface area contributed by atoms with E-state index < -0.39 is 0 Å². The van der Waals surface area contributed by atoms with Crippen LogP contribution in [-0.2, 0) is 0 Å². The van der Waals surface area contributed by atoms with E-state index >= 15 is 0 Å². The lowest BCUT2D eigenvalue weighted by molar-refractivity contribution is 0.834. The van der Waals surface area contributed by atoms with Gasteiger partial charge in [0.2, 0.25) is 0 Å². The molecule has 0 bridgehead atoms. The molecule has 118 valence electrons. The summed E-state index contributed by atoms with van der Waals surface area (Å²) in [6.45, 7) is 9.00. The molecule has 23 heavy (non-hydrogen) atoms. The summed E-state index contributed by atoms with van der Waals surface area (Å²) in [5.74, 6) is 0.931. The van der Waals surface area contributed by atoms with Crippen molar-refractivity contribution in [2.75, 3.05) is 0 Å². The van der Waals surface area contributed by atoms with Gasteiger partial charge in [0.15, 0.2) is 0 Å². The summed E-state index contributed by atoms with van der Waals surface area (Å²) in [5.41, 5.74) is 6.38. The van der Waals surface area contributed by atoms with Gasteiger partial charge in [0.1, 0.15) is 12.7 Å². The third kappa shape index (κ3) is 2.91. The van der Waals surface area contributed by atoms with E-state index in [1.165, 1.54) is 22.3 Å². The minimum atomic E-state index is 0.465. The number of aromatic nitrogens is 3. The Morgan fingerprint density at radius 1 is 0.826 bits per heavy atom. The zero-order chi connectivity index (χ0) is 16.4. The fourth-order valence-electron chi connectivity index (χ4n) is 3.08. The second kappa shape index (κ2) is 6.37. The molecule has 3 heteroatoms. The molecule has 2 aromatic carbocycles. The smallest absolute Gasteiger partial charge is 0.138 e. The first-order valence-electron chi connectivity index (χ1n) is 8.16. The van der Waals surface area contributed by atoms with Gasteiger partial charge in [-0.2, -0.15) is 5.10 Å². The van der Waals surface area contributed by atoms with Gasteiger partial charge in [-0.1, -0.05) is 64.1 Å². The number of hydrogen-bond donors (Lipinski definition) is 0. The van der Waals surface area contributed by atoms with Crippen molar-refractivity contribution in [3.05, 3.63) is 66.2 Å². The molecule has 0 saturated carbocycles. The third-order valence-electron chi connectivity index (χ3n) is 4.21. The summed E-state index contributed by atoms with van der Waals surface area (Å²) in [4.78, 5) is 4.10. The molecule has 0 radical (unpaired) electrons. The third-order valence-corrected chi connectivity index (χ3v) is 4.21. The first kappa shape index (κ1) is 15.5. The topological polar surface area (TPSA) is 30.7 Å². The quantitative estimate of drug-likeness (QED) is 0.665. The van der Waals surface area contributed by atoms with Crippen molar-refractivity contribution in [2.45, 2.75) is 39.5 Å². The van der Waals surface area contributed by atoms with Crippen LogP contribution in [0.5, 0.6) is 0 Å². The molecular weight excluding hydrogens is 282 g/mol. The van der Waals surface area contributed by atoms with Crippen LogP contribution in [0.1, 0.15) is 50.7 Å². The molecular formula is C20H23N3. The van der Waals surface area contributed by atoms with E-state index in [9.17, 15) is 0 Å². The molecule has 0 aliphatic heterocycles. The van der Waals surface area contributed by atoms with Crippen molar-refractivity contribution in [3.8, 4) is 16.8 Å². The van der Waals surface area contributed by atoms with E-state index in [2.05, 4.69) is 74.2 Å². The summed E-state index contributed by atoms with van der Waals surface area (Å²) in [6, 6.07) is 15.1. The summed E-state index contributed by atoms with van der Waals surface area (Å²) >= 11 is 0. The first-order chi connectivity index (χ1) is 11.1. The molecule has 0 N–H and O–H groups in total. The maximum Gasteiger partial charge on any atom is 0.138 e. The van der Waals surface area contributed by atoms with Crippen molar-refractivity contribution in [2.24, 2.45) is 0 Å². The fourth-order valence-corrected chi connectivity index (χ4v) is 3.08. The molecule has 0 fully saturated rings. The maximum atomic E-state index is 4.33. The average Bonchev–Trinajstić information content (AvgIpc) is 3.08. The van der Waals surface area contributed by atoms with E-state index in [1.54, 1.807) is 12.7 Å². The fraction of sp³-hybridized carbons (Fsp3) is 0.300. The number of para-hydroxylation sites is 1. The summed E-state index contributed by atoms with van der Waals surface area (Å²) in [7, 11) is 0. The number of nitrogens with zero attached hydrogens (tertiary/aromatic N) is 3. The van der Waals surface area contributed by atoms with E-state index in [0.717, 1.165) is 5.69 Å². The predicted molar refractivity (Wildman–Crippen MR) is 95.0 cm³/mol. The van der Waals surface area contributed by atoms with Crippen LogP contribution in [0.2, 0.25) is 0 Å². The normalized spacial score (nSPS) is 11.4. The molecule has 0 amide bonds. The predicted octanol–water partition coefficient (Wildman–Crippen LogP) is 5.18. The zero-order valence-corrected chi connectivity index (χ0v) is 14.2. The van der Waals surface area contributed by atoms with E-state index in [-0.39, 0.29) is 0 Å². The number of hydrogen-bond acceptors (Lipinski definition) is 2. The minimum Gasteiger partial charge on any atom is -0.223 e. The average molecular weight is 305 g/mol. The Labute approximate surface area is 138 Å². The van der Waals surface area contributed by atoms with Crippen LogP contribution in [0, 0.1) is 0 Å². The van der Waals surface area contributed by atoms with Crippen LogP contribution in [0.25, 0.3) is 16.8 Å². The highest BCUT2D eigenvalue weighted by Crippen LogP contribution is 2.38. The van der Waals surface area contributed by atoms with Gasteiger partial charge in [0, 0.05) is 5.56 Å². The van der Waals surface area contributed by atoms with Gasteiger partial charge in [-0.3, -0.25) is 0 Å². The highest BCUT2D eigenvalue weighted by molar-refractivity contribution is 5.79. The van der Waals surface area contributed by atoms with Gasteiger partial charge in [-0.05, 0) is 34.6 Å². The summed E-state index contributed by atoms with van der Waals surface area (Å²) in [6.07, 6.45) is 3.33. The van der Waals surface area contributed by atoms with E-state index in [4.69, 9.17) is 0 Å². The number of benzene rings is 2. The highest BCUT2D eigenvalue weighted by Gasteiger charge is 2.18. The Bertz CT molecular complexity index is 760. The largest absolute Gasteiger partial charge is 0.223 e. The number of rotatable bonds is 4. The molecule has 1 aromatic heterocycles. The molecule has 0 aliphatic carbocycles. The van der Waals surface area contributed by atoms with Gasteiger partial charge < -0.3 is 0 Å². The molecule has 0 spiro atoms. The lowest BCUT2D eigenvalue weighted by Gasteiger charge is -2.21. The van der Waals surface area contributed by atoms with Gasteiger partial charge in [0.25, 0.3) is 0 Å². The molecule has 0 atom stereocenters. The van der Waals surface area contributed by atoms with Crippen LogP contribution in [0.4, 0.5) is 0 Å². The van der Waals surface area contributed by atoms with E-state index in [1.807, 2.05) is 10.7 Å². The van der Waals surface area contributed by atoms with Crippen molar-refractivity contribution in [1.82, 2.24) is 14.8 Å². The molecule has 0 unspecified atom stereocenters. The van der Waals surface area contributed by atoms with Gasteiger partial charge >= 0.3 is 0 Å². The molecule has 0 saturated heterocycles. The SMILES string of the molecule is CC(C)c1cccc(C(C)C)c1-c1ccccc1-n1cncn1.